The number of nitrogens with zero attached hydrogens (tertiary/aromatic N) is 2. The van der Waals surface area contributed by atoms with Crippen LogP contribution in [0, 0.1) is 10.1 Å². The van der Waals surface area contributed by atoms with E-state index >= 15 is 0 Å². The van der Waals surface area contributed by atoms with Gasteiger partial charge in [-0.15, -0.1) is 0 Å². The molecule has 0 fully saturated rings. The van der Waals surface area contributed by atoms with Crippen molar-refractivity contribution in [1.82, 2.24) is 15.5 Å². The third-order valence-electron chi connectivity index (χ3n) is 4.14. The number of carbonyl (C=O) groups excluding carboxylic acids is 2. The number of anilines is 2. The number of hydrogen-bond donors (Lipinski definition) is 5. The van der Waals surface area contributed by atoms with Gasteiger partial charge in [0.25, 0.3) is 11.6 Å². The molecule has 0 unspecified atom stereocenters. The second kappa shape index (κ2) is 8.27. The molecule has 0 saturated carbocycles. The fraction of sp³-hybridized carbons (Fsp3) is 0.111. The van der Waals surface area contributed by atoms with Gasteiger partial charge in [-0.25, -0.2) is 15.3 Å². The first-order valence-electron chi connectivity index (χ1n) is 8.58. The minimum atomic E-state index is -0.710. The molecule has 0 spiro atoms. The maximum atomic E-state index is 12.5. The number of H-pyrrole nitrogens is 1. The summed E-state index contributed by atoms with van der Waals surface area (Å²) in [5, 5.41) is 24.2. The van der Waals surface area contributed by atoms with E-state index in [9.17, 15) is 19.7 Å². The predicted octanol–water partition coefficient (Wildman–Crippen LogP) is 3.08. The van der Waals surface area contributed by atoms with Crippen LogP contribution < -0.4 is 16.2 Å². The molecule has 0 aliphatic rings. The Labute approximate surface area is 164 Å². The highest BCUT2D eigenvalue weighted by Crippen LogP contribution is 2.26. The van der Waals surface area contributed by atoms with Crippen molar-refractivity contribution in [2.75, 3.05) is 17.3 Å². The molecule has 11 heteroatoms. The lowest BCUT2D eigenvalue weighted by molar-refractivity contribution is -0.383. The summed E-state index contributed by atoms with van der Waals surface area (Å²) < 4.78 is 0. The molecule has 150 valence electrons. The molecular weight excluding hydrogens is 380 g/mol. The van der Waals surface area contributed by atoms with E-state index in [0.717, 1.165) is 5.01 Å². The van der Waals surface area contributed by atoms with Crippen LogP contribution in [0.3, 0.4) is 0 Å². The second-order valence-corrected chi connectivity index (χ2v) is 5.99. The van der Waals surface area contributed by atoms with Crippen molar-refractivity contribution < 1.29 is 19.7 Å². The average Bonchev–Trinajstić information content (AvgIpc) is 3.17. The van der Waals surface area contributed by atoms with Crippen LogP contribution in [-0.4, -0.2) is 38.6 Å². The van der Waals surface area contributed by atoms with Gasteiger partial charge in [-0.2, -0.15) is 0 Å². The minimum absolute atomic E-state index is 0.107. The van der Waals surface area contributed by atoms with Crippen LogP contribution in [0.25, 0.3) is 10.9 Å². The highest BCUT2D eigenvalue weighted by atomic mass is 16.6. The van der Waals surface area contributed by atoms with Gasteiger partial charge in [-0.3, -0.25) is 25.5 Å². The van der Waals surface area contributed by atoms with Gasteiger partial charge in [0, 0.05) is 23.7 Å². The monoisotopic (exact) mass is 398 g/mol. The van der Waals surface area contributed by atoms with Crippen LogP contribution in [0.15, 0.2) is 48.5 Å². The third-order valence-corrected chi connectivity index (χ3v) is 4.14. The van der Waals surface area contributed by atoms with E-state index in [1.54, 1.807) is 49.4 Å². The fourth-order valence-corrected chi connectivity index (χ4v) is 2.73. The summed E-state index contributed by atoms with van der Waals surface area (Å²) in [7, 11) is 0. The van der Waals surface area contributed by atoms with E-state index in [1.807, 2.05) is 0 Å². The molecular formula is C18H18N6O5. The first kappa shape index (κ1) is 19.6. The van der Waals surface area contributed by atoms with Crippen LogP contribution >= 0.6 is 0 Å². The zero-order valence-corrected chi connectivity index (χ0v) is 15.3. The van der Waals surface area contributed by atoms with E-state index in [1.165, 1.54) is 11.5 Å². The topological polar surface area (TPSA) is 153 Å². The molecule has 3 aromatic rings. The van der Waals surface area contributed by atoms with Gasteiger partial charge in [0.2, 0.25) is 0 Å². The lowest BCUT2D eigenvalue weighted by Crippen LogP contribution is -2.42. The zero-order valence-electron chi connectivity index (χ0n) is 15.3. The van der Waals surface area contributed by atoms with Gasteiger partial charge in [0.15, 0.2) is 0 Å². The van der Waals surface area contributed by atoms with E-state index < -0.39 is 16.9 Å². The highest BCUT2D eigenvalue weighted by molar-refractivity contribution is 6.06. The van der Waals surface area contributed by atoms with Gasteiger partial charge in [0.05, 0.1) is 10.6 Å². The Hall–Kier alpha value is -4.12. The van der Waals surface area contributed by atoms with Crippen molar-refractivity contribution in [3.63, 3.8) is 0 Å². The van der Waals surface area contributed by atoms with Crippen LogP contribution in [0.5, 0.6) is 0 Å². The van der Waals surface area contributed by atoms with Crippen molar-refractivity contribution >= 4 is 39.9 Å². The van der Waals surface area contributed by atoms with Crippen LogP contribution in [0.2, 0.25) is 0 Å². The van der Waals surface area contributed by atoms with Crippen LogP contribution in [0.4, 0.5) is 21.9 Å². The lowest BCUT2D eigenvalue weighted by atomic mass is 10.2. The number of rotatable bonds is 6. The van der Waals surface area contributed by atoms with Crippen molar-refractivity contribution in [3.05, 3.63) is 64.3 Å². The third kappa shape index (κ3) is 4.25. The summed E-state index contributed by atoms with van der Waals surface area (Å²) >= 11 is 0. The standard InChI is InChI=1S/C18H18N6O5/c1-2-23(18(26)22-27)21-13-8-6-12(7-9-13)19-17(25)14-10-11-4-3-5-15(24(28)29)16(11)20-14/h3-10,20-21,27H,2H2,1H3,(H,19,25)(H,22,26). The number of amides is 3. The molecule has 3 rings (SSSR count). The molecule has 2 aromatic carbocycles. The predicted molar refractivity (Wildman–Crippen MR) is 106 cm³/mol. The van der Waals surface area contributed by atoms with E-state index in [-0.39, 0.29) is 16.9 Å². The number of hydrazine groups is 1. The normalized spacial score (nSPS) is 10.4. The number of benzene rings is 2. The number of nitro groups is 1. The minimum Gasteiger partial charge on any atom is -0.345 e. The van der Waals surface area contributed by atoms with Crippen molar-refractivity contribution in [1.29, 1.82) is 0 Å². The lowest BCUT2D eigenvalue weighted by Gasteiger charge is -2.21. The number of nitro benzene ring substituents is 1. The number of aromatic amines is 1. The quantitative estimate of drug-likeness (QED) is 0.244. The van der Waals surface area contributed by atoms with Gasteiger partial charge >= 0.3 is 6.03 Å². The molecule has 0 atom stereocenters. The molecule has 0 saturated heterocycles. The highest BCUT2D eigenvalue weighted by Gasteiger charge is 2.17. The number of hydrogen-bond acceptors (Lipinski definition) is 6. The summed E-state index contributed by atoms with van der Waals surface area (Å²) in [5.74, 6) is -0.453. The molecule has 29 heavy (non-hydrogen) atoms. The van der Waals surface area contributed by atoms with Crippen LogP contribution in [0.1, 0.15) is 17.4 Å². The number of urea groups is 1. The maximum Gasteiger partial charge on any atom is 0.359 e. The van der Waals surface area contributed by atoms with Crippen molar-refractivity contribution in [3.8, 4) is 0 Å². The Morgan fingerprint density at radius 2 is 1.86 bits per heavy atom. The number of para-hydroxylation sites is 1. The summed E-state index contributed by atoms with van der Waals surface area (Å²) in [5.41, 5.74) is 5.76. The molecule has 11 nitrogen and oxygen atoms in total. The van der Waals surface area contributed by atoms with Crippen molar-refractivity contribution in [2.24, 2.45) is 0 Å². The van der Waals surface area contributed by atoms with E-state index in [0.29, 0.717) is 23.3 Å². The molecule has 0 aliphatic carbocycles. The Bertz CT molecular complexity index is 1060. The molecule has 5 N–H and O–H groups in total. The first-order valence-corrected chi connectivity index (χ1v) is 8.58. The molecule has 0 bridgehead atoms. The van der Waals surface area contributed by atoms with E-state index in [4.69, 9.17) is 5.21 Å². The van der Waals surface area contributed by atoms with Crippen LogP contribution in [-0.2, 0) is 0 Å². The number of aromatic nitrogens is 1. The Kier molecular flexibility index (Phi) is 5.60. The average molecular weight is 398 g/mol. The summed E-state index contributed by atoms with van der Waals surface area (Å²) in [4.78, 5) is 37.3. The summed E-state index contributed by atoms with van der Waals surface area (Å²) in [6.45, 7) is 2.03. The van der Waals surface area contributed by atoms with E-state index in [2.05, 4.69) is 15.7 Å². The first-order chi connectivity index (χ1) is 13.9. The fourth-order valence-electron chi connectivity index (χ4n) is 2.73. The molecule has 0 radical (unpaired) electrons. The van der Waals surface area contributed by atoms with Gasteiger partial charge < -0.3 is 10.3 Å². The maximum absolute atomic E-state index is 12.5. The molecule has 1 heterocycles. The largest absolute Gasteiger partial charge is 0.359 e. The van der Waals surface area contributed by atoms with Gasteiger partial charge in [0.1, 0.15) is 11.2 Å². The number of non-ortho nitro benzene ring substituents is 1. The van der Waals surface area contributed by atoms with Gasteiger partial charge in [-0.05, 0) is 37.3 Å². The molecule has 0 aliphatic heterocycles. The molecule has 1 aromatic heterocycles. The van der Waals surface area contributed by atoms with Gasteiger partial charge in [-0.1, -0.05) is 12.1 Å². The number of fused-ring (bicyclic) bond motifs is 1. The number of carbonyl (C=O) groups is 2. The molecule has 3 amide bonds. The number of nitrogens with one attached hydrogen (secondary N) is 4. The Balaban J connectivity index is 1.73. The second-order valence-electron chi connectivity index (χ2n) is 5.99. The number of hydroxylamine groups is 1. The smallest absolute Gasteiger partial charge is 0.345 e. The Morgan fingerprint density at radius 3 is 2.48 bits per heavy atom. The SMILES string of the molecule is CCN(Nc1ccc(NC(=O)c2cc3cccc([N+](=O)[O-])c3[nH]2)cc1)C(=O)NO. The summed E-state index contributed by atoms with van der Waals surface area (Å²) in [6.07, 6.45) is 0. The van der Waals surface area contributed by atoms with Crippen molar-refractivity contribution in [2.45, 2.75) is 6.92 Å². The summed E-state index contributed by atoms with van der Waals surface area (Å²) in [6, 6.07) is 11.9. The Morgan fingerprint density at radius 1 is 1.17 bits per heavy atom. The zero-order chi connectivity index (χ0) is 21.0.